The zero-order valence-electron chi connectivity index (χ0n) is 18.1. The lowest BCUT2D eigenvalue weighted by Gasteiger charge is -2.37. The van der Waals surface area contributed by atoms with Crippen LogP contribution < -0.4 is 16.0 Å². The number of carbonyl (C=O) groups is 3. The van der Waals surface area contributed by atoms with E-state index in [4.69, 9.17) is 4.74 Å². The first-order valence-electron chi connectivity index (χ1n) is 10.6. The van der Waals surface area contributed by atoms with Crippen LogP contribution in [0.2, 0.25) is 0 Å². The number of nitro groups is 1. The van der Waals surface area contributed by atoms with Crippen molar-refractivity contribution in [2.75, 3.05) is 19.7 Å². The van der Waals surface area contributed by atoms with Crippen molar-refractivity contribution in [3.8, 4) is 0 Å². The normalized spacial score (nSPS) is 15.8. The zero-order valence-corrected chi connectivity index (χ0v) is 18.1. The third kappa shape index (κ3) is 5.92. The molecule has 0 saturated carbocycles. The molecule has 4 N–H and O–H groups in total. The predicted octanol–water partition coefficient (Wildman–Crippen LogP) is 0.461. The molecule has 1 atom stereocenters. The van der Waals surface area contributed by atoms with Gasteiger partial charge in [0.05, 0.1) is 12.7 Å². The van der Waals surface area contributed by atoms with Crippen molar-refractivity contribution < 1.29 is 24.0 Å². The van der Waals surface area contributed by atoms with Crippen molar-refractivity contribution in [1.82, 2.24) is 26.1 Å². The van der Waals surface area contributed by atoms with Gasteiger partial charge in [-0.3, -0.25) is 9.59 Å². The van der Waals surface area contributed by atoms with Crippen molar-refractivity contribution >= 4 is 23.6 Å². The van der Waals surface area contributed by atoms with E-state index in [1.807, 2.05) is 30.3 Å². The highest BCUT2D eigenvalue weighted by Gasteiger charge is 2.43. The third-order valence-electron chi connectivity index (χ3n) is 5.40. The van der Waals surface area contributed by atoms with Gasteiger partial charge in [0.2, 0.25) is 5.91 Å². The zero-order chi connectivity index (χ0) is 23.8. The number of ether oxygens (including phenoxy) is 1. The molecule has 1 aromatic carbocycles. The number of nitrogens with zero attached hydrogens (tertiary/aromatic N) is 2. The molecule has 33 heavy (non-hydrogen) atoms. The number of hydrogen-bond acceptors (Lipinski definition) is 8. The SMILES string of the molecule is CCOC(=O)C(Cc1ccccc1)NC(=O)C1(NC(=O)c2cc([N+](=O)[O-])[nH]n2)CCNCC1. The van der Waals surface area contributed by atoms with Crippen LogP contribution in [0.4, 0.5) is 5.82 Å². The van der Waals surface area contributed by atoms with Gasteiger partial charge >= 0.3 is 11.8 Å². The second-order valence-electron chi connectivity index (χ2n) is 7.65. The molecule has 0 spiro atoms. The van der Waals surface area contributed by atoms with Gasteiger partial charge < -0.3 is 30.8 Å². The van der Waals surface area contributed by atoms with Crippen molar-refractivity contribution in [2.24, 2.45) is 0 Å². The van der Waals surface area contributed by atoms with Crippen LogP contribution >= 0.6 is 0 Å². The average Bonchev–Trinajstić information content (AvgIpc) is 3.31. The van der Waals surface area contributed by atoms with Crippen LogP contribution in [-0.2, 0) is 20.7 Å². The number of rotatable bonds is 9. The van der Waals surface area contributed by atoms with Crippen LogP contribution in [0.25, 0.3) is 0 Å². The fourth-order valence-corrected chi connectivity index (χ4v) is 3.65. The topological polar surface area (TPSA) is 168 Å². The minimum absolute atomic E-state index is 0.156. The molecule has 0 aliphatic carbocycles. The van der Waals surface area contributed by atoms with Crippen LogP contribution in [0.5, 0.6) is 0 Å². The Bertz CT molecular complexity index is 1000. The molecule has 12 heteroatoms. The molecule has 0 radical (unpaired) electrons. The van der Waals surface area contributed by atoms with Gasteiger partial charge in [0.15, 0.2) is 5.69 Å². The van der Waals surface area contributed by atoms with Crippen LogP contribution in [0.1, 0.15) is 35.8 Å². The Morgan fingerprint density at radius 2 is 1.94 bits per heavy atom. The molecule has 2 heterocycles. The lowest BCUT2D eigenvalue weighted by Crippen LogP contribution is -2.64. The third-order valence-corrected chi connectivity index (χ3v) is 5.40. The molecule has 176 valence electrons. The molecular formula is C21H26N6O6. The van der Waals surface area contributed by atoms with Gasteiger partial charge in [-0.1, -0.05) is 35.4 Å². The largest absolute Gasteiger partial charge is 0.464 e. The monoisotopic (exact) mass is 458 g/mol. The maximum Gasteiger partial charge on any atom is 0.343 e. The summed E-state index contributed by atoms with van der Waals surface area (Å²) in [6.45, 7) is 2.74. The first-order valence-corrected chi connectivity index (χ1v) is 10.6. The molecular weight excluding hydrogens is 432 g/mol. The van der Waals surface area contributed by atoms with Gasteiger partial charge in [-0.15, -0.1) is 5.10 Å². The highest BCUT2D eigenvalue weighted by molar-refractivity contribution is 5.99. The van der Waals surface area contributed by atoms with Gasteiger partial charge in [0, 0.05) is 6.42 Å². The van der Waals surface area contributed by atoms with Gasteiger partial charge in [-0.25, -0.2) is 4.79 Å². The van der Waals surface area contributed by atoms with Crippen molar-refractivity contribution in [1.29, 1.82) is 0 Å². The van der Waals surface area contributed by atoms with Crippen molar-refractivity contribution in [2.45, 2.75) is 37.8 Å². The summed E-state index contributed by atoms with van der Waals surface area (Å²) < 4.78 is 5.14. The minimum Gasteiger partial charge on any atom is -0.464 e. The number of H-pyrrole nitrogens is 1. The van der Waals surface area contributed by atoms with Gasteiger partial charge in [-0.2, -0.15) is 0 Å². The van der Waals surface area contributed by atoms with Gasteiger partial charge in [-0.05, 0) is 43.3 Å². The highest BCUT2D eigenvalue weighted by atomic mass is 16.6. The Hall–Kier alpha value is -3.80. The molecule has 2 amide bonds. The molecule has 12 nitrogen and oxygen atoms in total. The van der Waals surface area contributed by atoms with Crippen LogP contribution in [-0.4, -0.2) is 64.2 Å². The number of nitrogens with one attached hydrogen (secondary N) is 4. The van der Waals surface area contributed by atoms with Crippen LogP contribution in [0.3, 0.4) is 0 Å². The van der Waals surface area contributed by atoms with Crippen molar-refractivity contribution in [3.63, 3.8) is 0 Å². The Balaban J connectivity index is 1.80. The molecule has 1 unspecified atom stereocenters. The molecule has 1 aliphatic heterocycles. The number of piperidine rings is 1. The van der Waals surface area contributed by atoms with Gasteiger partial charge in [0.25, 0.3) is 5.91 Å². The fraction of sp³-hybridized carbons (Fsp3) is 0.429. The van der Waals surface area contributed by atoms with Crippen molar-refractivity contribution in [3.05, 3.63) is 57.8 Å². The summed E-state index contributed by atoms with van der Waals surface area (Å²) in [6.07, 6.45) is 0.745. The van der Waals surface area contributed by atoms with Crippen LogP contribution in [0.15, 0.2) is 36.4 Å². The van der Waals surface area contributed by atoms with E-state index in [1.54, 1.807) is 6.92 Å². The van der Waals surface area contributed by atoms with E-state index >= 15 is 0 Å². The summed E-state index contributed by atoms with van der Waals surface area (Å²) in [6, 6.07) is 9.23. The maximum atomic E-state index is 13.4. The summed E-state index contributed by atoms with van der Waals surface area (Å²) in [5.74, 6) is -2.27. The quantitative estimate of drug-likeness (QED) is 0.239. The van der Waals surface area contributed by atoms with E-state index in [0.29, 0.717) is 13.1 Å². The number of esters is 1. The Labute approximate surface area is 189 Å². The number of aromatic amines is 1. The Kier molecular flexibility index (Phi) is 7.72. The molecule has 1 aromatic heterocycles. The molecule has 1 saturated heterocycles. The fourth-order valence-electron chi connectivity index (χ4n) is 3.65. The molecule has 1 aliphatic rings. The van der Waals surface area contributed by atoms with E-state index in [0.717, 1.165) is 11.6 Å². The van der Waals surface area contributed by atoms with Gasteiger partial charge in [0.1, 0.15) is 11.6 Å². The van der Waals surface area contributed by atoms with Crippen LogP contribution in [0, 0.1) is 10.1 Å². The first-order chi connectivity index (χ1) is 15.8. The number of benzene rings is 1. The number of aromatic nitrogens is 2. The number of carbonyl (C=O) groups excluding carboxylic acids is 3. The Morgan fingerprint density at radius 3 is 2.55 bits per heavy atom. The summed E-state index contributed by atoms with van der Waals surface area (Å²) in [4.78, 5) is 48.9. The summed E-state index contributed by atoms with van der Waals surface area (Å²) >= 11 is 0. The number of amides is 2. The molecule has 3 rings (SSSR count). The smallest absolute Gasteiger partial charge is 0.343 e. The minimum atomic E-state index is -1.32. The maximum absolute atomic E-state index is 13.4. The molecule has 1 fully saturated rings. The summed E-state index contributed by atoms with van der Waals surface area (Å²) in [5.41, 5.74) is -0.695. The molecule has 2 aromatic rings. The number of hydrogen-bond donors (Lipinski definition) is 4. The highest BCUT2D eigenvalue weighted by Crippen LogP contribution is 2.21. The summed E-state index contributed by atoms with van der Waals surface area (Å²) in [7, 11) is 0. The van der Waals surface area contributed by atoms with E-state index < -0.39 is 40.1 Å². The lowest BCUT2D eigenvalue weighted by molar-refractivity contribution is -0.389. The first kappa shape index (κ1) is 23.9. The molecule has 0 bridgehead atoms. The summed E-state index contributed by atoms with van der Waals surface area (Å²) in [5, 5.41) is 25.3. The van der Waals surface area contributed by atoms with E-state index in [9.17, 15) is 24.5 Å². The Morgan fingerprint density at radius 1 is 1.24 bits per heavy atom. The predicted molar refractivity (Wildman–Crippen MR) is 116 cm³/mol. The average molecular weight is 458 g/mol. The van der Waals surface area contributed by atoms with E-state index in [2.05, 4.69) is 26.1 Å². The standard InChI is InChI=1S/C21H26N6O6/c1-2-33-19(29)16(12-14-6-4-3-5-7-14)23-20(30)21(8-10-22-11-9-21)24-18(28)15-13-17(26-25-15)27(31)32/h3-7,13,16,22H,2,8-12H2,1H3,(H,23,30)(H,24,28)(H,25,26). The lowest BCUT2D eigenvalue weighted by atomic mass is 9.86. The second-order valence-corrected chi connectivity index (χ2v) is 7.65. The van der Waals surface area contributed by atoms with E-state index in [1.165, 1.54) is 0 Å². The second kappa shape index (κ2) is 10.7. The van der Waals surface area contributed by atoms with E-state index in [-0.39, 0.29) is 31.6 Å².